The first kappa shape index (κ1) is 16.8. The van der Waals surface area contributed by atoms with Crippen molar-refractivity contribution in [3.63, 3.8) is 0 Å². The zero-order valence-electron chi connectivity index (χ0n) is 14.3. The molecular weight excluding hydrogens is 262 g/mol. The van der Waals surface area contributed by atoms with E-state index in [9.17, 15) is 9.90 Å². The Morgan fingerprint density at radius 2 is 1.95 bits per heavy atom. The van der Waals surface area contributed by atoms with E-state index in [1.807, 2.05) is 0 Å². The van der Waals surface area contributed by atoms with Crippen molar-refractivity contribution in [1.82, 2.24) is 4.90 Å². The zero-order chi connectivity index (χ0) is 15.6. The lowest BCUT2D eigenvalue weighted by Crippen LogP contribution is -2.50. The van der Waals surface area contributed by atoms with Crippen molar-refractivity contribution < 1.29 is 9.90 Å². The van der Waals surface area contributed by atoms with Gasteiger partial charge in [-0.1, -0.05) is 34.1 Å². The van der Waals surface area contributed by atoms with E-state index in [4.69, 9.17) is 0 Å². The predicted molar refractivity (Wildman–Crippen MR) is 86.3 cm³/mol. The molecule has 0 radical (unpaired) electrons. The largest absolute Gasteiger partial charge is 0.481 e. The summed E-state index contributed by atoms with van der Waals surface area (Å²) in [6.07, 6.45) is 7.85. The summed E-state index contributed by atoms with van der Waals surface area (Å²) in [6.45, 7) is 10.3. The number of hydrogen-bond donors (Lipinski definition) is 1. The average molecular weight is 295 g/mol. The van der Waals surface area contributed by atoms with Gasteiger partial charge in [-0.2, -0.15) is 0 Å². The van der Waals surface area contributed by atoms with Crippen LogP contribution < -0.4 is 0 Å². The maximum atomic E-state index is 11.7. The summed E-state index contributed by atoms with van der Waals surface area (Å²) in [5.74, 6) is -0.0585. The van der Waals surface area contributed by atoms with Gasteiger partial charge >= 0.3 is 5.97 Å². The van der Waals surface area contributed by atoms with E-state index in [0.29, 0.717) is 17.4 Å². The van der Waals surface area contributed by atoms with Gasteiger partial charge < -0.3 is 5.11 Å². The van der Waals surface area contributed by atoms with Crippen LogP contribution in [0.15, 0.2) is 0 Å². The minimum Gasteiger partial charge on any atom is -0.481 e. The summed E-state index contributed by atoms with van der Waals surface area (Å²) in [6, 6.07) is 0.875. The van der Waals surface area contributed by atoms with Crippen LogP contribution in [0, 0.1) is 17.3 Å². The average Bonchev–Trinajstić information content (AvgIpc) is 2.94. The summed E-state index contributed by atoms with van der Waals surface area (Å²) in [5.41, 5.74) is 0.336. The highest BCUT2D eigenvalue weighted by Gasteiger charge is 2.44. The van der Waals surface area contributed by atoms with Crippen molar-refractivity contribution in [2.75, 3.05) is 6.54 Å². The number of aliphatic carboxylic acids is 1. The number of carbonyl (C=O) groups is 1. The second-order valence-electron chi connectivity index (χ2n) is 7.81. The maximum Gasteiger partial charge on any atom is 0.308 e. The topological polar surface area (TPSA) is 40.5 Å². The van der Waals surface area contributed by atoms with E-state index in [-0.39, 0.29) is 12.0 Å². The lowest BCUT2D eigenvalue weighted by Gasteiger charge is -2.46. The van der Waals surface area contributed by atoms with Gasteiger partial charge in [-0.25, -0.2) is 0 Å². The van der Waals surface area contributed by atoms with Crippen LogP contribution in [0.25, 0.3) is 0 Å². The van der Waals surface area contributed by atoms with Crippen molar-refractivity contribution in [1.29, 1.82) is 0 Å². The lowest BCUT2D eigenvalue weighted by molar-refractivity contribution is -0.147. The third-order valence-electron chi connectivity index (χ3n) is 6.47. The van der Waals surface area contributed by atoms with Crippen molar-refractivity contribution in [3.05, 3.63) is 0 Å². The molecule has 3 nitrogen and oxygen atoms in total. The highest BCUT2D eigenvalue weighted by Crippen LogP contribution is 2.45. The Bertz CT molecular complexity index is 366. The van der Waals surface area contributed by atoms with E-state index >= 15 is 0 Å². The van der Waals surface area contributed by atoms with E-state index in [1.54, 1.807) is 0 Å². The van der Waals surface area contributed by atoms with Crippen molar-refractivity contribution in [3.8, 4) is 0 Å². The molecule has 4 atom stereocenters. The minimum absolute atomic E-state index is 0.152. The molecule has 21 heavy (non-hydrogen) atoms. The Hall–Kier alpha value is -0.570. The van der Waals surface area contributed by atoms with Crippen LogP contribution >= 0.6 is 0 Å². The van der Waals surface area contributed by atoms with Gasteiger partial charge in [0.15, 0.2) is 0 Å². The number of carboxylic acids is 1. The molecule has 1 saturated heterocycles. The van der Waals surface area contributed by atoms with Crippen LogP contribution in [0.2, 0.25) is 0 Å². The molecule has 1 N–H and O–H groups in total. The fraction of sp³-hybridized carbons (Fsp3) is 0.944. The molecule has 2 rings (SSSR count). The monoisotopic (exact) mass is 295 g/mol. The Balaban J connectivity index is 2.17. The third-order valence-corrected chi connectivity index (χ3v) is 6.47. The number of likely N-dealkylation sites (tertiary alicyclic amines) is 1. The van der Waals surface area contributed by atoms with Crippen LogP contribution in [0.4, 0.5) is 0 Å². The maximum absolute atomic E-state index is 11.7. The van der Waals surface area contributed by atoms with Gasteiger partial charge in [0.2, 0.25) is 0 Å². The number of nitrogens with zero attached hydrogens (tertiary/aromatic N) is 1. The molecule has 0 bridgehead atoms. The number of carboxylic acid groups (broad SMARTS) is 1. The first-order chi connectivity index (χ1) is 9.90. The van der Waals surface area contributed by atoms with E-state index in [2.05, 4.69) is 32.6 Å². The third kappa shape index (κ3) is 3.44. The van der Waals surface area contributed by atoms with Gasteiger partial charge in [-0.15, -0.1) is 0 Å². The molecule has 1 heterocycles. The molecule has 1 saturated carbocycles. The quantitative estimate of drug-likeness (QED) is 0.827. The molecule has 122 valence electrons. The molecule has 2 fully saturated rings. The first-order valence-electron chi connectivity index (χ1n) is 8.89. The Kier molecular flexibility index (Phi) is 5.34. The highest BCUT2D eigenvalue weighted by atomic mass is 16.4. The van der Waals surface area contributed by atoms with Gasteiger partial charge in [0, 0.05) is 12.1 Å². The molecule has 2 aliphatic rings. The predicted octanol–water partition coefficient (Wildman–Crippen LogP) is 4.17. The molecule has 1 aliphatic heterocycles. The molecule has 0 aromatic carbocycles. The Morgan fingerprint density at radius 1 is 1.24 bits per heavy atom. The van der Waals surface area contributed by atoms with Crippen LogP contribution in [0.5, 0.6) is 0 Å². The molecule has 0 aromatic rings. The van der Waals surface area contributed by atoms with Crippen molar-refractivity contribution in [2.45, 2.75) is 84.7 Å². The summed E-state index contributed by atoms with van der Waals surface area (Å²) in [4.78, 5) is 14.3. The van der Waals surface area contributed by atoms with Crippen LogP contribution in [-0.4, -0.2) is 34.6 Å². The Morgan fingerprint density at radius 3 is 2.52 bits per heavy atom. The normalized spacial score (nSPS) is 35.0. The molecule has 4 unspecified atom stereocenters. The molecule has 0 amide bonds. The van der Waals surface area contributed by atoms with E-state index in [1.165, 1.54) is 19.3 Å². The lowest BCUT2D eigenvalue weighted by atomic mass is 9.65. The molecule has 3 heteroatoms. The zero-order valence-corrected chi connectivity index (χ0v) is 14.3. The Labute approximate surface area is 130 Å². The van der Waals surface area contributed by atoms with Crippen LogP contribution in [0.1, 0.15) is 72.6 Å². The molecular formula is C18H33NO2. The fourth-order valence-electron chi connectivity index (χ4n) is 4.53. The van der Waals surface area contributed by atoms with Crippen LogP contribution in [0.3, 0.4) is 0 Å². The minimum atomic E-state index is -0.575. The standard InChI is InChI=1S/C18H33NO2/c1-5-14-8-7-11-19(14)16-12-13(18(3,4)6-2)9-10-15(16)17(20)21/h13-16H,5-12H2,1-4H3,(H,20,21). The smallest absolute Gasteiger partial charge is 0.308 e. The van der Waals surface area contributed by atoms with E-state index < -0.39 is 5.97 Å². The van der Waals surface area contributed by atoms with Gasteiger partial charge in [-0.05, 0) is 56.4 Å². The van der Waals surface area contributed by atoms with Crippen molar-refractivity contribution in [2.24, 2.45) is 17.3 Å². The SMILES string of the molecule is CCC1CCCN1C1CC(C(C)(C)CC)CCC1C(=O)O. The van der Waals surface area contributed by atoms with Crippen molar-refractivity contribution >= 4 is 5.97 Å². The second kappa shape index (κ2) is 6.68. The summed E-state index contributed by atoms with van der Waals surface area (Å²) in [5, 5.41) is 9.65. The molecule has 1 aliphatic carbocycles. The highest BCUT2D eigenvalue weighted by molar-refractivity contribution is 5.71. The van der Waals surface area contributed by atoms with Gasteiger partial charge in [0.05, 0.1) is 5.92 Å². The van der Waals surface area contributed by atoms with Gasteiger partial charge in [-0.3, -0.25) is 9.69 Å². The molecule has 0 spiro atoms. The summed E-state index contributed by atoms with van der Waals surface area (Å²) < 4.78 is 0. The fourth-order valence-corrected chi connectivity index (χ4v) is 4.53. The number of hydrogen-bond acceptors (Lipinski definition) is 2. The molecule has 0 aromatic heterocycles. The number of rotatable bonds is 5. The van der Waals surface area contributed by atoms with Crippen LogP contribution in [-0.2, 0) is 4.79 Å². The first-order valence-corrected chi connectivity index (χ1v) is 8.89. The van der Waals surface area contributed by atoms with Gasteiger partial charge in [0.1, 0.15) is 0 Å². The second-order valence-corrected chi connectivity index (χ2v) is 7.81. The summed E-state index contributed by atoms with van der Waals surface area (Å²) >= 11 is 0. The van der Waals surface area contributed by atoms with Gasteiger partial charge in [0.25, 0.3) is 0 Å². The summed E-state index contributed by atoms with van der Waals surface area (Å²) in [7, 11) is 0. The van der Waals surface area contributed by atoms with E-state index in [0.717, 1.165) is 32.2 Å².